The van der Waals surface area contributed by atoms with Gasteiger partial charge in [-0.1, -0.05) is 12.2 Å². The van der Waals surface area contributed by atoms with Crippen LogP contribution in [0.25, 0.3) is 0 Å². The zero-order valence-electron chi connectivity index (χ0n) is 8.67. The normalized spacial score (nSPS) is 13.6. The van der Waals surface area contributed by atoms with E-state index in [1.54, 1.807) is 13.0 Å². The fourth-order valence-electron chi connectivity index (χ4n) is 0.805. The molecule has 2 nitrogen and oxygen atoms in total. The number of ether oxygens (including phenoxy) is 1. The first-order chi connectivity index (χ1) is 6.11. The van der Waals surface area contributed by atoms with Gasteiger partial charge in [0.25, 0.3) is 0 Å². The molecule has 1 atom stereocenters. The van der Waals surface area contributed by atoms with Crippen LogP contribution in [0.15, 0.2) is 24.3 Å². The fraction of sp³-hybridized carbons (Fsp3) is 0.545. The molecule has 0 heterocycles. The van der Waals surface area contributed by atoms with Gasteiger partial charge in [0.2, 0.25) is 0 Å². The molecule has 0 radical (unpaired) electrons. The maximum Gasteiger partial charge on any atom is 0.333 e. The lowest BCUT2D eigenvalue weighted by atomic mass is 10.2. The number of carbonyl (C=O) groups excluding carboxylic acids is 1. The highest BCUT2D eigenvalue weighted by Gasteiger charge is 2.09. The molecule has 0 aliphatic carbocycles. The SMILES string of the molecule is C=CCCC(C)OC(=O)/C(C)=C\C. The van der Waals surface area contributed by atoms with Gasteiger partial charge in [-0.25, -0.2) is 4.79 Å². The summed E-state index contributed by atoms with van der Waals surface area (Å²) in [7, 11) is 0. The van der Waals surface area contributed by atoms with E-state index < -0.39 is 0 Å². The monoisotopic (exact) mass is 182 g/mol. The molecule has 0 aromatic rings. The van der Waals surface area contributed by atoms with Gasteiger partial charge < -0.3 is 4.74 Å². The van der Waals surface area contributed by atoms with Crippen LogP contribution in [0.5, 0.6) is 0 Å². The van der Waals surface area contributed by atoms with Crippen LogP contribution in [0.4, 0.5) is 0 Å². The van der Waals surface area contributed by atoms with E-state index in [-0.39, 0.29) is 12.1 Å². The van der Waals surface area contributed by atoms with Crippen molar-refractivity contribution in [2.24, 2.45) is 0 Å². The Morgan fingerprint density at radius 2 is 2.23 bits per heavy atom. The number of hydrogen-bond acceptors (Lipinski definition) is 2. The van der Waals surface area contributed by atoms with Gasteiger partial charge in [-0.3, -0.25) is 0 Å². The summed E-state index contributed by atoms with van der Waals surface area (Å²) in [6, 6.07) is 0. The molecule has 1 unspecified atom stereocenters. The van der Waals surface area contributed by atoms with Gasteiger partial charge >= 0.3 is 5.97 Å². The molecular formula is C11H18O2. The molecule has 74 valence electrons. The van der Waals surface area contributed by atoms with Crippen molar-refractivity contribution in [3.05, 3.63) is 24.3 Å². The van der Waals surface area contributed by atoms with Crippen molar-refractivity contribution in [2.45, 2.75) is 39.7 Å². The Hall–Kier alpha value is -1.05. The summed E-state index contributed by atoms with van der Waals surface area (Å²) in [5, 5.41) is 0. The van der Waals surface area contributed by atoms with E-state index in [1.165, 1.54) is 0 Å². The smallest absolute Gasteiger partial charge is 0.333 e. The van der Waals surface area contributed by atoms with Crippen LogP contribution >= 0.6 is 0 Å². The molecule has 0 saturated carbocycles. The summed E-state index contributed by atoms with van der Waals surface area (Å²) in [4.78, 5) is 11.2. The predicted molar refractivity (Wildman–Crippen MR) is 54.4 cm³/mol. The second kappa shape index (κ2) is 6.46. The average Bonchev–Trinajstić information content (AvgIpc) is 2.13. The predicted octanol–water partition coefficient (Wildman–Crippen LogP) is 2.85. The van der Waals surface area contributed by atoms with Crippen LogP contribution in [0, 0.1) is 0 Å². The Balaban J connectivity index is 3.84. The second-order valence-corrected chi connectivity index (χ2v) is 3.05. The highest BCUT2D eigenvalue weighted by Crippen LogP contribution is 2.05. The third-order valence-corrected chi connectivity index (χ3v) is 1.84. The number of carbonyl (C=O) groups is 1. The third-order valence-electron chi connectivity index (χ3n) is 1.84. The molecule has 0 bridgehead atoms. The molecule has 0 saturated heterocycles. The molecule has 0 amide bonds. The zero-order valence-corrected chi connectivity index (χ0v) is 8.67. The fourth-order valence-corrected chi connectivity index (χ4v) is 0.805. The molecule has 0 rings (SSSR count). The Morgan fingerprint density at radius 3 is 2.69 bits per heavy atom. The summed E-state index contributed by atoms with van der Waals surface area (Å²) in [5.41, 5.74) is 0.658. The van der Waals surface area contributed by atoms with Crippen molar-refractivity contribution in [1.82, 2.24) is 0 Å². The summed E-state index contributed by atoms with van der Waals surface area (Å²) in [6.07, 6.45) is 5.27. The Morgan fingerprint density at radius 1 is 1.62 bits per heavy atom. The van der Waals surface area contributed by atoms with Gasteiger partial charge in [-0.15, -0.1) is 6.58 Å². The van der Waals surface area contributed by atoms with E-state index in [0.29, 0.717) is 5.57 Å². The Bertz CT molecular complexity index is 204. The molecule has 0 spiro atoms. The van der Waals surface area contributed by atoms with E-state index in [0.717, 1.165) is 12.8 Å². The van der Waals surface area contributed by atoms with Gasteiger partial charge in [-0.05, 0) is 33.6 Å². The van der Waals surface area contributed by atoms with Crippen LogP contribution in [-0.2, 0) is 9.53 Å². The molecule has 0 aromatic carbocycles. The Kier molecular flexibility index (Phi) is 5.94. The lowest BCUT2D eigenvalue weighted by molar-refractivity contribution is -0.143. The molecule has 0 aliphatic heterocycles. The Labute approximate surface area is 80.3 Å². The maximum absolute atomic E-state index is 11.2. The van der Waals surface area contributed by atoms with Crippen molar-refractivity contribution in [3.8, 4) is 0 Å². The number of allylic oxidation sites excluding steroid dienone is 2. The minimum Gasteiger partial charge on any atom is -0.459 e. The summed E-state index contributed by atoms with van der Waals surface area (Å²) in [6.45, 7) is 9.08. The van der Waals surface area contributed by atoms with Crippen LogP contribution in [-0.4, -0.2) is 12.1 Å². The zero-order chi connectivity index (χ0) is 10.3. The van der Waals surface area contributed by atoms with Gasteiger partial charge in [0.15, 0.2) is 0 Å². The van der Waals surface area contributed by atoms with Crippen LogP contribution in [0.1, 0.15) is 33.6 Å². The van der Waals surface area contributed by atoms with E-state index >= 15 is 0 Å². The van der Waals surface area contributed by atoms with Crippen LogP contribution < -0.4 is 0 Å². The summed E-state index contributed by atoms with van der Waals surface area (Å²) >= 11 is 0. The highest BCUT2D eigenvalue weighted by molar-refractivity contribution is 5.87. The maximum atomic E-state index is 11.2. The first-order valence-electron chi connectivity index (χ1n) is 4.56. The van der Waals surface area contributed by atoms with E-state index in [1.807, 2.05) is 19.9 Å². The van der Waals surface area contributed by atoms with Crippen LogP contribution in [0.3, 0.4) is 0 Å². The largest absolute Gasteiger partial charge is 0.459 e. The standard InChI is InChI=1S/C11H18O2/c1-5-7-8-10(4)13-11(12)9(3)6-2/h5-6,10H,1,7-8H2,2-4H3/b9-6-. The molecule has 0 aliphatic rings. The summed E-state index contributed by atoms with van der Waals surface area (Å²) in [5.74, 6) is -0.223. The minimum absolute atomic E-state index is 0.0274. The molecule has 0 fully saturated rings. The first kappa shape index (κ1) is 11.9. The molecule has 0 aromatic heterocycles. The van der Waals surface area contributed by atoms with Crippen molar-refractivity contribution in [2.75, 3.05) is 0 Å². The third kappa shape index (κ3) is 5.23. The minimum atomic E-state index is -0.223. The van der Waals surface area contributed by atoms with Crippen LogP contribution in [0.2, 0.25) is 0 Å². The van der Waals surface area contributed by atoms with Gasteiger partial charge in [0.1, 0.15) is 0 Å². The number of esters is 1. The van der Waals surface area contributed by atoms with Gasteiger partial charge in [0.05, 0.1) is 6.10 Å². The molecule has 13 heavy (non-hydrogen) atoms. The topological polar surface area (TPSA) is 26.3 Å². The first-order valence-corrected chi connectivity index (χ1v) is 4.56. The van der Waals surface area contributed by atoms with Crippen molar-refractivity contribution in [1.29, 1.82) is 0 Å². The van der Waals surface area contributed by atoms with Gasteiger partial charge in [0, 0.05) is 5.57 Å². The summed E-state index contributed by atoms with van der Waals surface area (Å²) < 4.78 is 5.15. The van der Waals surface area contributed by atoms with E-state index in [4.69, 9.17) is 4.74 Å². The number of hydrogen-bond donors (Lipinski definition) is 0. The quantitative estimate of drug-likeness (QED) is 0.371. The van der Waals surface area contributed by atoms with E-state index in [9.17, 15) is 4.79 Å². The van der Waals surface area contributed by atoms with E-state index in [2.05, 4.69) is 6.58 Å². The van der Waals surface area contributed by atoms with Crippen molar-refractivity contribution < 1.29 is 9.53 Å². The average molecular weight is 182 g/mol. The second-order valence-electron chi connectivity index (χ2n) is 3.05. The highest BCUT2D eigenvalue weighted by atomic mass is 16.5. The molecule has 0 N–H and O–H groups in total. The lowest BCUT2D eigenvalue weighted by Gasteiger charge is -2.11. The lowest BCUT2D eigenvalue weighted by Crippen LogP contribution is -2.15. The molecular weight excluding hydrogens is 164 g/mol. The number of rotatable bonds is 5. The van der Waals surface area contributed by atoms with Gasteiger partial charge in [-0.2, -0.15) is 0 Å². The van der Waals surface area contributed by atoms with Crippen molar-refractivity contribution in [3.63, 3.8) is 0 Å². The molecule has 2 heteroatoms. The van der Waals surface area contributed by atoms with Crippen molar-refractivity contribution >= 4 is 5.97 Å².